The van der Waals surface area contributed by atoms with E-state index in [1.807, 2.05) is 0 Å². The van der Waals surface area contributed by atoms with E-state index >= 15 is 0 Å². The summed E-state index contributed by atoms with van der Waals surface area (Å²) in [7, 11) is 0. The lowest BCUT2D eigenvalue weighted by Gasteiger charge is -2.43. The third kappa shape index (κ3) is 2.07. The number of nitrogens with zero attached hydrogens (tertiary/aromatic N) is 1. The number of aliphatic hydroxyl groups is 1. The fourth-order valence-electron chi connectivity index (χ4n) is 3.77. The summed E-state index contributed by atoms with van der Waals surface area (Å²) in [4.78, 5) is 2.59. The molecule has 0 bridgehead atoms. The second kappa shape index (κ2) is 4.06. The number of rotatable bonds is 1. The van der Waals surface area contributed by atoms with Crippen molar-refractivity contribution in [3.8, 4) is 0 Å². The second-order valence-corrected chi connectivity index (χ2v) is 6.26. The van der Waals surface area contributed by atoms with E-state index in [4.69, 9.17) is 0 Å². The van der Waals surface area contributed by atoms with E-state index < -0.39 is 0 Å². The van der Waals surface area contributed by atoms with Gasteiger partial charge in [-0.2, -0.15) is 0 Å². The Morgan fingerprint density at radius 3 is 2.47 bits per heavy atom. The van der Waals surface area contributed by atoms with E-state index in [0.29, 0.717) is 12.6 Å². The smallest absolute Gasteiger partial charge is 0.0587 e. The summed E-state index contributed by atoms with van der Waals surface area (Å²) in [6, 6.07) is 1.16. The molecule has 1 saturated carbocycles. The van der Waals surface area contributed by atoms with Crippen molar-refractivity contribution in [3.05, 3.63) is 0 Å². The van der Waals surface area contributed by atoms with E-state index in [2.05, 4.69) is 25.7 Å². The number of hydrogen-bond acceptors (Lipinski definition) is 2. The van der Waals surface area contributed by atoms with E-state index in [1.54, 1.807) is 0 Å². The van der Waals surface area contributed by atoms with Crippen molar-refractivity contribution in [3.63, 3.8) is 0 Å². The van der Waals surface area contributed by atoms with Crippen LogP contribution in [0.4, 0.5) is 0 Å². The molecule has 2 rings (SSSR count). The highest BCUT2D eigenvalue weighted by molar-refractivity contribution is 5.00. The van der Waals surface area contributed by atoms with Crippen LogP contribution in [0, 0.1) is 5.92 Å². The maximum atomic E-state index is 9.51. The monoisotopic (exact) mass is 211 g/mol. The van der Waals surface area contributed by atoms with Crippen LogP contribution >= 0.6 is 0 Å². The van der Waals surface area contributed by atoms with E-state index in [-0.39, 0.29) is 5.54 Å². The molecule has 1 N–H and O–H groups in total. The van der Waals surface area contributed by atoms with E-state index in [0.717, 1.165) is 12.0 Å². The molecule has 1 heterocycles. The van der Waals surface area contributed by atoms with Crippen molar-refractivity contribution in [1.82, 2.24) is 4.90 Å². The van der Waals surface area contributed by atoms with Gasteiger partial charge in [0.2, 0.25) is 0 Å². The molecule has 3 atom stereocenters. The molecule has 15 heavy (non-hydrogen) atoms. The molecule has 1 saturated heterocycles. The van der Waals surface area contributed by atoms with Crippen LogP contribution in [0.25, 0.3) is 0 Å². The Kier molecular flexibility index (Phi) is 3.09. The van der Waals surface area contributed by atoms with Crippen molar-refractivity contribution < 1.29 is 5.11 Å². The third-order valence-corrected chi connectivity index (χ3v) is 4.18. The summed E-state index contributed by atoms with van der Waals surface area (Å²) in [6.45, 7) is 7.19. The number of hydrogen-bond donors (Lipinski definition) is 1. The predicted molar refractivity (Wildman–Crippen MR) is 62.8 cm³/mol. The average Bonchev–Trinajstić information content (AvgIpc) is 2.54. The van der Waals surface area contributed by atoms with Crippen LogP contribution in [0.5, 0.6) is 0 Å². The lowest BCUT2D eigenvalue weighted by Crippen LogP contribution is -2.51. The molecule has 1 aliphatic heterocycles. The van der Waals surface area contributed by atoms with Crippen LogP contribution in [0.3, 0.4) is 0 Å². The topological polar surface area (TPSA) is 23.5 Å². The standard InChI is InChI=1S/C13H25NO/c1-13(2,3)14-11(9-15)8-10-6-4-5-7-12(10)14/h10-12,15H,4-9H2,1-3H3. The minimum Gasteiger partial charge on any atom is -0.395 e. The molecule has 2 fully saturated rings. The highest BCUT2D eigenvalue weighted by atomic mass is 16.3. The van der Waals surface area contributed by atoms with Crippen LogP contribution in [-0.4, -0.2) is 34.2 Å². The van der Waals surface area contributed by atoms with Gasteiger partial charge in [-0.05, 0) is 46.0 Å². The molecule has 2 aliphatic rings. The normalized spacial score (nSPS) is 38.0. The van der Waals surface area contributed by atoms with Crippen LogP contribution in [0.1, 0.15) is 52.9 Å². The van der Waals surface area contributed by atoms with Crippen LogP contribution in [-0.2, 0) is 0 Å². The number of likely N-dealkylation sites (tertiary alicyclic amines) is 1. The zero-order valence-electron chi connectivity index (χ0n) is 10.4. The first kappa shape index (κ1) is 11.4. The average molecular weight is 211 g/mol. The van der Waals surface area contributed by atoms with Gasteiger partial charge in [0, 0.05) is 17.6 Å². The van der Waals surface area contributed by atoms with Crippen LogP contribution < -0.4 is 0 Å². The largest absolute Gasteiger partial charge is 0.395 e. The molecule has 1 aliphatic carbocycles. The summed E-state index contributed by atoms with van der Waals surface area (Å²) in [5.74, 6) is 0.857. The summed E-state index contributed by atoms with van der Waals surface area (Å²) < 4.78 is 0. The van der Waals surface area contributed by atoms with Crippen LogP contribution in [0.15, 0.2) is 0 Å². The fourth-order valence-corrected chi connectivity index (χ4v) is 3.77. The highest BCUT2D eigenvalue weighted by Crippen LogP contribution is 2.42. The molecule has 88 valence electrons. The number of fused-ring (bicyclic) bond motifs is 1. The summed E-state index contributed by atoms with van der Waals surface area (Å²) in [6.07, 6.45) is 6.73. The molecular formula is C13H25NO. The Hall–Kier alpha value is -0.0800. The van der Waals surface area contributed by atoms with Gasteiger partial charge in [0.05, 0.1) is 6.61 Å². The quantitative estimate of drug-likeness (QED) is 0.720. The van der Waals surface area contributed by atoms with Gasteiger partial charge in [-0.3, -0.25) is 4.90 Å². The Bertz CT molecular complexity index is 221. The molecule has 0 spiro atoms. The Balaban J connectivity index is 2.17. The minimum absolute atomic E-state index is 0.212. The van der Waals surface area contributed by atoms with Gasteiger partial charge in [-0.25, -0.2) is 0 Å². The molecule has 2 nitrogen and oxygen atoms in total. The Morgan fingerprint density at radius 2 is 1.87 bits per heavy atom. The zero-order chi connectivity index (χ0) is 11.1. The van der Waals surface area contributed by atoms with Gasteiger partial charge in [0.15, 0.2) is 0 Å². The Morgan fingerprint density at radius 1 is 1.20 bits per heavy atom. The molecule has 0 aromatic carbocycles. The Labute approximate surface area is 93.7 Å². The van der Waals surface area contributed by atoms with Crippen molar-refractivity contribution in [2.24, 2.45) is 5.92 Å². The van der Waals surface area contributed by atoms with E-state index in [9.17, 15) is 5.11 Å². The van der Waals surface area contributed by atoms with Crippen molar-refractivity contribution in [2.75, 3.05) is 6.61 Å². The second-order valence-electron chi connectivity index (χ2n) is 6.26. The third-order valence-electron chi connectivity index (χ3n) is 4.18. The van der Waals surface area contributed by atoms with Gasteiger partial charge in [-0.15, -0.1) is 0 Å². The first-order valence-corrected chi connectivity index (χ1v) is 6.43. The molecule has 0 aromatic rings. The zero-order valence-corrected chi connectivity index (χ0v) is 10.4. The summed E-state index contributed by atoms with van der Waals surface area (Å²) >= 11 is 0. The molecule has 3 unspecified atom stereocenters. The van der Waals surface area contributed by atoms with Gasteiger partial charge < -0.3 is 5.11 Å². The SMILES string of the molecule is CC(C)(C)N1C(CO)CC2CCCCC21. The molecular weight excluding hydrogens is 186 g/mol. The molecule has 2 heteroatoms. The lowest BCUT2D eigenvalue weighted by atomic mass is 9.84. The lowest BCUT2D eigenvalue weighted by molar-refractivity contribution is 0.0321. The molecule has 0 amide bonds. The summed E-state index contributed by atoms with van der Waals surface area (Å²) in [5.41, 5.74) is 0.212. The maximum Gasteiger partial charge on any atom is 0.0587 e. The van der Waals surface area contributed by atoms with E-state index in [1.165, 1.54) is 32.1 Å². The van der Waals surface area contributed by atoms with Gasteiger partial charge in [0.1, 0.15) is 0 Å². The first-order valence-electron chi connectivity index (χ1n) is 6.43. The first-order chi connectivity index (χ1) is 7.04. The van der Waals surface area contributed by atoms with Crippen molar-refractivity contribution in [2.45, 2.75) is 70.5 Å². The molecule has 0 radical (unpaired) electrons. The predicted octanol–water partition coefficient (Wildman–Crippen LogP) is 2.41. The molecule has 0 aromatic heterocycles. The number of aliphatic hydroxyl groups excluding tert-OH is 1. The maximum absolute atomic E-state index is 9.51. The van der Waals surface area contributed by atoms with Gasteiger partial charge >= 0.3 is 0 Å². The van der Waals surface area contributed by atoms with Crippen molar-refractivity contribution >= 4 is 0 Å². The van der Waals surface area contributed by atoms with Crippen molar-refractivity contribution in [1.29, 1.82) is 0 Å². The van der Waals surface area contributed by atoms with Gasteiger partial charge in [-0.1, -0.05) is 12.8 Å². The minimum atomic E-state index is 0.212. The fraction of sp³-hybridized carbons (Fsp3) is 1.00. The van der Waals surface area contributed by atoms with Crippen LogP contribution in [0.2, 0.25) is 0 Å². The highest BCUT2D eigenvalue weighted by Gasteiger charge is 2.45. The summed E-state index contributed by atoms with van der Waals surface area (Å²) in [5, 5.41) is 9.51. The van der Waals surface area contributed by atoms with Gasteiger partial charge in [0.25, 0.3) is 0 Å².